The van der Waals surface area contributed by atoms with Crippen molar-refractivity contribution in [2.75, 3.05) is 6.26 Å². The molecule has 23 heavy (non-hydrogen) atoms. The van der Waals surface area contributed by atoms with Crippen LogP contribution in [0.3, 0.4) is 0 Å². The smallest absolute Gasteiger partial charge is 0.300 e. The van der Waals surface area contributed by atoms with E-state index in [0.717, 1.165) is 17.8 Å². The van der Waals surface area contributed by atoms with Gasteiger partial charge in [0.1, 0.15) is 17.4 Å². The Morgan fingerprint density at radius 1 is 1.35 bits per heavy atom. The molecule has 1 N–H and O–H groups in total. The Balaban J connectivity index is 2.83. The van der Waals surface area contributed by atoms with Crippen molar-refractivity contribution < 1.29 is 17.6 Å². The number of H-pyrrole nitrogens is 1. The van der Waals surface area contributed by atoms with Crippen molar-refractivity contribution in [3.63, 3.8) is 0 Å². The number of nitriles is 1. The van der Waals surface area contributed by atoms with Gasteiger partial charge in [0.15, 0.2) is 5.16 Å². The zero-order valence-corrected chi connectivity index (χ0v) is 12.7. The summed E-state index contributed by atoms with van der Waals surface area (Å²) in [6.45, 7) is 1.17. The van der Waals surface area contributed by atoms with Crippen LogP contribution in [0.15, 0.2) is 22.1 Å². The summed E-state index contributed by atoms with van der Waals surface area (Å²) in [5.41, 5.74) is -3.28. The maximum atomic E-state index is 13.7. The minimum absolute atomic E-state index is 0.138. The second kappa shape index (κ2) is 6.04. The largest absolute Gasteiger partial charge is 0.419 e. The van der Waals surface area contributed by atoms with Crippen molar-refractivity contribution in [2.45, 2.75) is 18.3 Å². The van der Waals surface area contributed by atoms with Gasteiger partial charge in [0.05, 0.1) is 11.3 Å². The van der Waals surface area contributed by atoms with Gasteiger partial charge in [-0.1, -0.05) is 11.8 Å². The number of aromatic amines is 1. The van der Waals surface area contributed by atoms with E-state index >= 15 is 0 Å². The number of rotatable bonds is 2. The summed E-state index contributed by atoms with van der Waals surface area (Å²) in [6, 6.07) is 3.29. The number of alkyl halides is 3. The molecule has 0 aliphatic heterocycles. The number of nitrogens with one attached hydrogen (secondary N) is 1. The highest BCUT2D eigenvalue weighted by Gasteiger charge is 2.35. The highest BCUT2D eigenvalue weighted by Crippen LogP contribution is 2.36. The van der Waals surface area contributed by atoms with Crippen LogP contribution in [0.25, 0.3) is 11.3 Å². The number of halogens is 4. The predicted octanol–water partition coefficient (Wildman–Crippen LogP) is 3.50. The van der Waals surface area contributed by atoms with E-state index in [1.54, 1.807) is 12.3 Å². The Bertz CT molecular complexity index is 868. The third kappa shape index (κ3) is 3.22. The van der Waals surface area contributed by atoms with Gasteiger partial charge < -0.3 is 4.98 Å². The molecular formula is C14H9F4N3OS. The molecule has 0 saturated carbocycles. The molecule has 1 heterocycles. The number of aryl methyl sites for hydroxylation is 1. The van der Waals surface area contributed by atoms with E-state index in [0.29, 0.717) is 6.07 Å². The van der Waals surface area contributed by atoms with Gasteiger partial charge in [-0.3, -0.25) is 4.79 Å². The fourth-order valence-corrected chi connectivity index (χ4v) is 2.35. The summed E-state index contributed by atoms with van der Waals surface area (Å²) in [4.78, 5) is 18.1. The highest BCUT2D eigenvalue weighted by atomic mass is 32.2. The molecular weight excluding hydrogens is 334 g/mol. The summed E-state index contributed by atoms with van der Waals surface area (Å²) in [5.74, 6) is -1.39. The zero-order chi connectivity index (χ0) is 17.4. The predicted molar refractivity (Wildman–Crippen MR) is 76.5 cm³/mol. The van der Waals surface area contributed by atoms with E-state index in [-0.39, 0.29) is 22.0 Å². The highest BCUT2D eigenvalue weighted by molar-refractivity contribution is 7.98. The van der Waals surface area contributed by atoms with Crippen LogP contribution in [0, 0.1) is 24.1 Å². The van der Waals surface area contributed by atoms with E-state index in [1.807, 2.05) is 0 Å². The summed E-state index contributed by atoms with van der Waals surface area (Å²) in [5, 5.41) is 9.20. The van der Waals surface area contributed by atoms with Gasteiger partial charge in [0, 0.05) is 5.56 Å². The minimum Gasteiger partial charge on any atom is -0.300 e. The van der Waals surface area contributed by atoms with Gasteiger partial charge in [-0.15, -0.1) is 0 Å². The summed E-state index contributed by atoms with van der Waals surface area (Å²) < 4.78 is 52.5. The van der Waals surface area contributed by atoms with Crippen molar-refractivity contribution in [3.05, 3.63) is 45.0 Å². The van der Waals surface area contributed by atoms with E-state index in [9.17, 15) is 22.4 Å². The Labute approximate surface area is 132 Å². The molecule has 120 valence electrons. The average Bonchev–Trinajstić information content (AvgIpc) is 2.47. The van der Waals surface area contributed by atoms with Crippen LogP contribution in [-0.4, -0.2) is 16.2 Å². The van der Waals surface area contributed by atoms with Crippen molar-refractivity contribution in [1.29, 1.82) is 5.26 Å². The lowest BCUT2D eigenvalue weighted by Crippen LogP contribution is -2.15. The molecule has 0 aliphatic carbocycles. The van der Waals surface area contributed by atoms with Gasteiger partial charge in [-0.25, -0.2) is 9.37 Å². The first kappa shape index (κ1) is 17.0. The first-order chi connectivity index (χ1) is 10.7. The molecule has 4 nitrogen and oxygen atoms in total. The van der Waals surface area contributed by atoms with E-state index in [4.69, 9.17) is 5.26 Å². The fourth-order valence-electron chi connectivity index (χ4n) is 1.97. The van der Waals surface area contributed by atoms with Crippen LogP contribution in [-0.2, 0) is 6.18 Å². The first-order valence-electron chi connectivity index (χ1n) is 6.15. The van der Waals surface area contributed by atoms with Crippen LogP contribution in [0.5, 0.6) is 0 Å². The molecule has 0 fully saturated rings. The first-order valence-corrected chi connectivity index (χ1v) is 7.37. The lowest BCUT2D eigenvalue weighted by Gasteiger charge is -2.13. The number of aromatic nitrogens is 2. The third-order valence-electron chi connectivity index (χ3n) is 3.04. The second-order valence-corrected chi connectivity index (χ2v) is 5.36. The third-order valence-corrected chi connectivity index (χ3v) is 3.62. The van der Waals surface area contributed by atoms with Crippen LogP contribution in [0.2, 0.25) is 0 Å². The monoisotopic (exact) mass is 343 g/mol. The Kier molecular flexibility index (Phi) is 4.47. The molecule has 0 bridgehead atoms. The maximum Gasteiger partial charge on any atom is 0.419 e. The standard InChI is InChI=1S/C14H9F4N3OS/c1-6-3-7(4-9(10(6)15)14(16,17)18)11-8(5-19)12(22)21-13(20-11)23-2/h3-4H,1-2H3,(H,20,21,22). The number of benzene rings is 1. The van der Waals surface area contributed by atoms with Crippen molar-refractivity contribution in [1.82, 2.24) is 9.97 Å². The molecule has 2 rings (SSSR count). The summed E-state index contributed by atoms with van der Waals surface area (Å²) >= 11 is 1.06. The Morgan fingerprint density at radius 3 is 2.52 bits per heavy atom. The topological polar surface area (TPSA) is 69.5 Å². The Morgan fingerprint density at radius 2 is 2.00 bits per heavy atom. The molecule has 1 aromatic carbocycles. The van der Waals surface area contributed by atoms with Crippen LogP contribution in [0.4, 0.5) is 17.6 Å². The number of hydrogen-bond acceptors (Lipinski definition) is 4. The average molecular weight is 343 g/mol. The van der Waals surface area contributed by atoms with Gasteiger partial charge in [-0.2, -0.15) is 18.4 Å². The maximum absolute atomic E-state index is 13.7. The normalized spacial score (nSPS) is 11.3. The van der Waals surface area contributed by atoms with Crippen LogP contribution in [0.1, 0.15) is 16.7 Å². The molecule has 0 unspecified atom stereocenters. The van der Waals surface area contributed by atoms with Gasteiger partial charge in [0.2, 0.25) is 0 Å². The fraction of sp³-hybridized carbons (Fsp3) is 0.214. The van der Waals surface area contributed by atoms with Crippen LogP contribution < -0.4 is 5.56 Å². The summed E-state index contributed by atoms with van der Waals surface area (Å²) in [6.07, 6.45) is -3.30. The minimum atomic E-state index is -4.90. The molecule has 0 atom stereocenters. The number of hydrogen-bond donors (Lipinski definition) is 1. The SMILES string of the molecule is CSc1nc(-c2cc(C)c(F)c(C(F)(F)F)c2)c(C#N)c(=O)[nH]1. The molecule has 0 radical (unpaired) electrons. The van der Waals surface area contributed by atoms with Crippen molar-refractivity contribution in [3.8, 4) is 17.3 Å². The van der Waals surface area contributed by atoms with Crippen molar-refractivity contribution in [2.24, 2.45) is 0 Å². The van der Waals surface area contributed by atoms with E-state index < -0.39 is 28.7 Å². The molecule has 0 saturated heterocycles. The van der Waals surface area contributed by atoms with Gasteiger partial charge in [0.25, 0.3) is 5.56 Å². The zero-order valence-electron chi connectivity index (χ0n) is 11.9. The van der Waals surface area contributed by atoms with Gasteiger partial charge in [-0.05, 0) is 30.9 Å². The molecule has 1 aromatic heterocycles. The van der Waals surface area contributed by atoms with Gasteiger partial charge >= 0.3 is 6.18 Å². The van der Waals surface area contributed by atoms with Crippen molar-refractivity contribution >= 4 is 11.8 Å². The lowest BCUT2D eigenvalue weighted by atomic mass is 10.0. The molecule has 9 heteroatoms. The number of nitrogens with zero attached hydrogens (tertiary/aromatic N) is 2. The van der Waals surface area contributed by atoms with Crippen LogP contribution >= 0.6 is 11.8 Å². The van der Waals surface area contributed by atoms with E-state index in [2.05, 4.69) is 9.97 Å². The quantitative estimate of drug-likeness (QED) is 0.515. The molecule has 0 spiro atoms. The molecule has 0 amide bonds. The lowest BCUT2D eigenvalue weighted by molar-refractivity contribution is -0.140. The van der Waals surface area contributed by atoms with E-state index in [1.165, 1.54) is 6.92 Å². The molecule has 2 aromatic rings. The molecule has 0 aliphatic rings. The Hall–Kier alpha value is -2.34. The summed E-state index contributed by atoms with van der Waals surface area (Å²) in [7, 11) is 0. The second-order valence-electron chi connectivity index (χ2n) is 4.56. The number of thioether (sulfide) groups is 1.